The summed E-state index contributed by atoms with van der Waals surface area (Å²) in [6, 6.07) is 25.3. The van der Waals surface area contributed by atoms with E-state index in [0.29, 0.717) is 12.2 Å². The van der Waals surface area contributed by atoms with Crippen molar-refractivity contribution < 1.29 is 13.5 Å². The largest absolute Gasteiger partial charge is 0.508 e. The van der Waals surface area contributed by atoms with E-state index < -0.39 is 10.0 Å². The molecule has 0 aromatic heterocycles. The second kappa shape index (κ2) is 8.12. The lowest BCUT2D eigenvalue weighted by Gasteiger charge is -2.11. The molecule has 4 aromatic rings. The fourth-order valence-electron chi connectivity index (χ4n) is 3.24. The summed E-state index contributed by atoms with van der Waals surface area (Å²) in [4.78, 5) is 0.180. The van der Waals surface area contributed by atoms with Gasteiger partial charge in [-0.3, -0.25) is 4.72 Å². The Morgan fingerprint density at radius 3 is 2.23 bits per heavy atom. The van der Waals surface area contributed by atoms with Crippen LogP contribution in [0.3, 0.4) is 0 Å². The highest BCUT2D eigenvalue weighted by Crippen LogP contribution is 2.23. The summed E-state index contributed by atoms with van der Waals surface area (Å²) in [5.74, 6) is 0.237. The minimum atomic E-state index is -3.70. The molecule has 0 atom stereocenters. The van der Waals surface area contributed by atoms with Crippen LogP contribution in [0.5, 0.6) is 5.75 Å². The van der Waals surface area contributed by atoms with E-state index in [0.717, 1.165) is 27.5 Å². The lowest BCUT2D eigenvalue weighted by atomic mass is 9.94. The summed E-state index contributed by atoms with van der Waals surface area (Å²) >= 11 is 0. The van der Waals surface area contributed by atoms with Gasteiger partial charge in [0.05, 0.1) is 4.90 Å². The van der Waals surface area contributed by atoms with Crippen LogP contribution < -0.4 is 15.5 Å². The molecular formula is C23H21BN2O3S. The normalized spacial score (nSPS) is 11.3. The molecule has 4 rings (SSSR count). The maximum absolute atomic E-state index is 12.7. The number of hydrogen-bond donors (Lipinski definition) is 3. The number of rotatable bonds is 6. The molecular weight excluding hydrogens is 395 g/mol. The van der Waals surface area contributed by atoms with Crippen LogP contribution in [0, 0.1) is 0 Å². The van der Waals surface area contributed by atoms with Crippen molar-refractivity contribution in [1.29, 1.82) is 0 Å². The number of phenolic OH excluding ortho intramolecular Hbond substituents is 1. The van der Waals surface area contributed by atoms with Gasteiger partial charge in [0.25, 0.3) is 10.0 Å². The third kappa shape index (κ3) is 4.41. The minimum absolute atomic E-state index is 0.180. The first-order chi connectivity index (χ1) is 14.4. The third-order valence-corrected chi connectivity index (χ3v) is 6.29. The summed E-state index contributed by atoms with van der Waals surface area (Å²) in [5, 5.41) is 15.2. The smallest absolute Gasteiger partial charge is 0.261 e. The van der Waals surface area contributed by atoms with Crippen molar-refractivity contribution in [3.8, 4) is 5.75 Å². The molecule has 0 saturated heterocycles. The lowest BCUT2D eigenvalue weighted by molar-refractivity contribution is 0.469. The predicted molar refractivity (Wildman–Crippen MR) is 125 cm³/mol. The molecule has 7 heteroatoms. The summed E-state index contributed by atoms with van der Waals surface area (Å²) in [6.45, 7) is 0.438. The highest BCUT2D eigenvalue weighted by molar-refractivity contribution is 7.92. The average Bonchev–Trinajstić information content (AvgIpc) is 2.73. The Balaban J connectivity index is 1.46. The quantitative estimate of drug-likeness (QED) is 0.422. The fourth-order valence-corrected chi connectivity index (χ4v) is 4.29. The highest BCUT2D eigenvalue weighted by Gasteiger charge is 2.14. The van der Waals surface area contributed by atoms with Gasteiger partial charge in [-0.15, -0.1) is 0 Å². The summed E-state index contributed by atoms with van der Waals surface area (Å²) in [5.41, 5.74) is 3.05. The molecule has 0 amide bonds. The van der Waals surface area contributed by atoms with Crippen molar-refractivity contribution in [2.75, 3.05) is 10.0 Å². The number of fused-ring (bicyclic) bond motifs is 1. The van der Waals surface area contributed by atoms with Gasteiger partial charge in [0.2, 0.25) is 0 Å². The van der Waals surface area contributed by atoms with Gasteiger partial charge in [0, 0.05) is 23.5 Å². The topological polar surface area (TPSA) is 78.4 Å². The van der Waals surface area contributed by atoms with Crippen LogP contribution >= 0.6 is 0 Å². The Labute approximate surface area is 176 Å². The van der Waals surface area contributed by atoms with E-state index >= 15 is 0 Å². The zero-order chi connectivity index (χ0) is 21.1. The van der Waals surface area contributed by atoms with Crippen LogP contribution in [0.15, 0.2) is 89.8 Å². The number of aromatic hydroxyl groups is 1. The number of benzene rings is 4. The first-order valence-corrected chi connectivity index (χ1v) is 11.0. The third-order valence-electron chi connectivity index (χ3n) is 4.89. The van der Waals surface area contributed by atoms with E-state index in [1.165, 1.54) is 0 Å². The monoisotopic (exact) mass is 416 g/mol. The van der Waals surface area contributed by atoms with Crippen LogP contribution in [-0.2, 0) is 16.6 Å². The summed E-state index contributed by atoms with van der Waals surface area (Å²) in [7, 11) is -1.78. The fraction of sp³-hybridized carbons (Fsp3) is 0.0435. The van der Waals surface area contributed by atoms with Crippen LogP contribution in [-0.4, -0.2) is 21.4 Å². The Bertz CT molecular complexity index is 1310. The second-order valence-corrected chi connectivity index (χ2v) is 8.86. The molecule has 0 saturated carbocycles. The van der Waals surface area contributed by atoms with Crippen molar-refractivity contribution in [2.24, 2.45) is 0 Å². The second-order valence-electron chi connectivity index (χ2n) is 7.18. The van der Waals surface area contributed by atoms with Gasteiger partial charge in [0.1, 0.15) is 13.6 Å². The van der Waals surface area contributed by atoms with Crippen LogP contribution in [0.4, 0.5) is 11.4 Å². The molecule has 0 unspecified atom stereocenters. The SMILES string of the molecule is Bc1ccc(CNc2ccc(S(=O)(=O)Nc3ccc4ccccc4c3)cc2)c(O)c1. The van der Waals surface area contributed by atoms with E-state index in [1.54, 1.807) is 36.4 Å². The van der Waals surface area contributed by atoms with Gasteiger partial charge in [-0.2, -0.15) is 0 Å². The molecule has 150 valence electrons. The van der Waals surface area contributed by atoms with Crippen molar-refractivity contribution in [2.45, 2.75) is 11.4 Å². The van der Waals surface area contributed by atoms with E-state index in [9.17, 15) is 13.5 Å². The highest BCUT2D eigenvalue weighted by atomic mass is 32.2. The molecule has 0 aliphatic heterocycles. The molecule has 3 N–H and O–H groups in total. The molecule has 0 aliphatic carbocycles. The number of nitrogens with one attached hydrogen (secondary N) is 2. The molecule has 0 radical (unpaired) electrons. The van der Waals surface area contributed by atoms with Crippen LogP contribution in [0.1, 0.15) is 5.56 Å². The molecule has 0 fully saturated rings. The Morgan fingerprint density at radius 1 is 0.800 bits per heavy atom. The van der Waals surface area contributed by atoms with Crippen molar-refractivity contribution in [3.63, 3.8) is 0 Å². The van der Waals surface area contributed by atoms with E-state index in [1.807, 2.05) is 56.4 Å². The molecule has 0 heterocycles. The number of anilines is 2. The van der Waals surface area contributed by atoms with Crippen molar-refractivity contribution in [1.82, 2.24) is 0 Å². The van der Waals surface area contributed by atoms with Gasteiger partial charge < -0.3 is 10.4 Å². The molecule has 5 nitrogen and oxygen atoms in total. The molecule has 4 aromatic carbocycles. The minimum Gasteiger partial charge on any atom is -0.508 e. The summed E-state index contributed by atoms with van der Waals surface area (Å²) in [6.07, 6.45) is 0. The standard InChI is InChI=1S/C23H21BN2O3S/c24-19-7-5-18(23(27)14-19)15-25-20-9-11-22(12-10-20)30(28,29)26-21-8-6-16-3-1-2-4-17(16)13-21/h1-14,25-27H,15,24H2. The Hall–Kier alpha value is -3.45. The van der Waals surface area contributed by atoms with Gasteiger partial charge in [0.15, 0.2) is 0 Å². The first-order valence-electron chi connectivity index (χ1n) is 9.55. The Morgan fingerprint density at radius 2 is 1.50 bits per heavy atom. The summed E-state index contributed by atoms with van der Waals surface area (Å²) < 4.78 is 28.1. The van der Waals surface area contributed by atoms with Gasteiger partial charge in [-0.05, 0) is 53.2 Å². The van der Waals surface area contributed by atoms with Crippen LogP contribution in [0.2, 0.25) is 0 Å². The Kier molecular flexibility index (Phi) is 5.38. The lowest BCUT2D eigenvalue weighted by Crippen LogP contribution is -2.13. The number of phenols is 1. The van der Waals surface area contributed by atoms with Crippen molar-refractivity contribution in [3.05, 3.63) is 90.5 Å². The van der Waals surface area contributed by atoms with E-state index in [4.69, 9.17) is 0 Å². The molecule has 0 spiro atoms. The van der Waals surface area contributed by atoms with Crippen molar-refractivity contribution >= 4 is 45.5 Å². The van der Waals surface area contributed by atoms with Gasteiger partial charge in [-0.25, -0.2) is 8.42 Å². The number of hydrogen-bond acceptors (Lipinski definition) is 4. The maximum Gasteiger partial charge on any atom is 0.261 e. The van der Waals surface area contributed by atoms with Crippen LogP contribution in [0.25, 0.3) is 10.8 Å². The zero-order valence-electron chi connectivity index (χ0n) is 16.5. The predicted octanol–water partition coefficient (Wildman–Crippen LogP) is 3.22. The molecule has 0 bridgehead atoms. The first kappa shape index (κ1) is 19.9. The molecule has 0 aliphatic rings. The zero-order valence-corrected chi connectivity index (χ0v) is 17.3. The van der Waals surface area contributed by atoms with Gasteiger partial charge in [-0.1, -0.05) is 47.9 Å². The molecule has 30 heavy (non-hydrogen) atoms. The van der Waals surface area contributed by atoms with Gasteiger partial charge >= 0.3 is 0 Å². The van der Waals surface area contributed by atoms with E-state index in [2.05, 4.69) is 10.0 Å². The number of sulfonamides is 1. The average molecular weight is 416 g/mol. The van der Waals surface area contributed by atoms with E-state index in [-0.39, 0.29) is 10.6 Å². The maximum atomic E-state index is 12.7.